The van der Waals surface area contributed by atoms with E-state index in [9.17, 15) is 0 Å². The number of aromatic nitrogens is 3. The first kappa shape index (κ1) is 10.3. The lowest BCUT2D eigenvalue weighted by Gasteiger charge is -2.39. The van der Waals surface area contributed by atoms with Crippen molar-refractivity contribution in [2.24, 2.45) is 0 Å². The minimum Gasteiger partial charge on any atom is -0.260 e. The smallest absolute Gasteiger partial charge is 0.115 e. The Morgan fingerprint density at radius 2 is 1.45 bits per heavy atom. The molecule has 3 heteroatoms. The molecule has 0 saturated heterocycles. The third-order valence-electron chi connectivity index (χ3n) is 4.43. The summed E-state index contributed by atoms with van der Waals surface area (Å²) in [6, 6.07) is 12.8. The van der Waals surface area contributed by atoms with Crippen LogP contribution < -0.4 is 0 Å². The van der Waals surface area contributed by atoms with E-state index in [1.54, 1.807) is 6.33 Å². The van der Waals surface area contributed by atoms with Crippen molar-refractivity contribution in [2.75, 3.05) is 0 Å². The van der Waals surface area contributed by atoms with Gasteiger partial charge in [0.05, 0.1) is 17.3 Å². The fraction of sp³-hybridized carbons (Fsp3) is 0.118. The highest BCUT2D eigenvalue weighted by molar-refractivity contribution is 5.64. The molecule has 2 aromatic heterocycles. The minimum atomic E-state index is 0.158. The summed E-state index contributed by atoms with van der Waals surface area (Å²) in [6.07, 6.45) is 5.49. The molecule has 0 fully saturated rings. The van der Waals surface area contributed by atoms with Crippen LogP contribution in [0.3, 0.4) is 0 Å². The topological polar surface area (TPSA) is 38.7 Å². The first-order valence-corrected chi connectivity index (χ1v) is 6.78. The molecule has 0 spiro atoms. The number of nitrogens with zero attached hydrogens (tertiary/aromatic N) is 3. The van der Waals surface area contributed by atoms with E-state index in [4.69, 9.17) is 0 Å². The summed E-state index contributed by atoms with van der Waals surface area (Å²) >= 11 is 0. The second kappa shape index (κ2) is 3.51. The summed E-state index contributed by atoms with van der Waals surface area (Å²) in [5, 5.41) is 0. The second-order valence-electron chi connectivity index (χ2n) is 5.34. The lowest BCUT2D eigenvalue weighted by atomic mass is 9.65. The van der Waals surface area contributed by atoms with Crippen LogP contribution in [0.5, 0.6) is 0 Å². The summed E-state index contributed by atoms with van der Waals surface area (Å²) in [5.74, 6) is 0.390. The molecule has 2 bridgehead atoms. The molecule has 2 heterocycles. The van der Waals surface area contributed by atoms with Gasteiger partial charge in [0.1, 0.15) is 6.33 Å². The van der Waals surface area contributed by atoms with Crippen LogP contribution >= 0.6 is 0 Å². The molecule has 3 aliphatic rings. The summed E-state index contributed by atoms with van der Waals surface area (Å²) in [5.41, 5.74) is 7.53. The summed E-state index contributed by atoms with van der Waals surface area (Å²) in [4.78, 5) is 13.4. The van der Waals surface area contributed by atoms with Crippen molar-refractivity contribution in [3.8, 4) is 0 Å². The maximum atomic E-state index is 4.64. The summed E-state index contributed by atoms with van der Waals surface area (Å²) in [6.45, 7) is 0. The van der Waals surface area contributed by atoms with Gasteiger partial charge >= 0.3 is 0 Å². The molecule has 20 heavy (non-hydrogen) atoms. The predicted molar refractivity (Wildman–Crippen MR) is 74.6 cm³/mol. The molecule has 3 nitrogen and oxygen atoms in total. The Morgan fingerprint density at radius 1 is 0.700 bits per heavy atom. The van der Waals surface area contributed by atoms with Gasteiger partial charge in [-0.3, -0.25) is 4.98 Å². The fourth-order valence-electron chi connectivity index (χ4n) is 3.69. The second-order valence-corrected chi connectivity index (χ2v) is 5.34. The third kappa shape index (κ3) is 1.09. The number of hydrogen-bond donors (Lipinski definition) is 0. The van der Waals surface area contributed by atoms with Gasteiger partial charge in [-0.25, -0.2) is 9.97 Å². The Labute approximate surface area is 116 Å². The maximum absolute atomic E-state index is 4.64. The molecule has 0 amide bonds. The van der Waals surface area contributed by atoms with E-state index in [1.165, 1.54) is 22.3 Å². The van der Waals surface area contributed by atoms with Crippen molar-refractivity contribution in [1.82, 2.24) is 15.0 Å². The number of hydrogen-bond acceptors (Lipinski definition) is 3. The number of pyridine rings is 1. The first-order valence-electron chi connectivity index (χ1n) is 6.78. The van der Waals surface area contributed by atoms with Crippen molar-refractivity contribution in [3.05, 3.63) is 88.8 Å². The zero-order valence-electron chi connectivity index (χ0n) is 10.7. The normalized spacial score (nSPS) is 21.0. The van der Waals surface area contributed by atoms with Crippen molar-refractivity contribution in [3.63, 3.8) is 0 Å². The molecule has 3 aliphatic carbocycles. The average Bonchev–Trinajstić information content (AvgIpc) is 2.54. The summed E-state index contributed by atoms with van der Waals surface area (Å²) in [7, 11) is 0. The van der Waals surface area contributed by atoms with Crippen LogP contribution in [0.4, 0.5) is 0 Å². The van der Waals surface area contributed by atoms with Crippen molar-refractivity contribution < 1.29 is 0 Å². The van der Waals surface area contributed by atoms with Crippen LogP contribution in [0.1, 0.15) is 45.5 Å². The van der Waals surface area contributed by atoms with Crippen LogP contribution in [-0.2, 0) is 0 Å². The molecule has 3 aromatic rings. The molecule has 0 aliphatic heterocycles. The highest BCUT2D eigenvalue weighted by atomic mass is 14.9. The SMILES string of the molecule is c1ccc2c(c1)C1c3cccnc3C2c2ncncc21. The zero-order valence-corrected chi connectivity index (χ0v) is 10.7. The monoisotopic (exact) mass is 257 g/mol. The van der Waals surface area contributed by atoms with E-state index in [2.05, 4.69) is 45.3 Å². The fourth-order valence-corrected chi connectivity index (χ4v) is 3.69. The Morgan fingerprint density at radius 3 is 2.35 bits per heavy atom. The van der Waals surface area contributed by atoms with E-state index >= 15 is 0 Å². The van der Waals surface area contributed by atoms with Crippen molar-refractivity contribution >= 4 is 0 Å². The average molecular weight is 257 g/mol. The van der Waals surface area contributed by atoms with Gasteiger partial charge in [0.25, 0.3) is 0 Å². The molecular formula is C17H11N3. The Kier molecular flexibility index (Phi) is 1.80. The maximum Gasteiger partial charge on any atom is 0.115 e. The minimum absolute atomic E-state index is 0.158. The summed E-state index contributed by atoms with van der Waals surface area (Å²) < 4.78 is 0. The van der Waals surface area contributed by atoms with E-state index in [0.717, 1.165) is 11.4 Å². The van der Waals surface area contributed by atoms with Gasteiger partial charge in [-0.1, -0.05) is 30.3 Å². The lowest BCUT2D eigenvalue weighted by molar-refractivity contribution is 0.695. The van der Waals surface area contributed by atoms with Crippen molar-refractivity contribution in [1.29, 1.82) is 0 Å². The standard InChI is InChI=1S/C17H11N3/c1-2-5-11-10(4-1)14-12-6-3-7-19-16(12)15(11)17-13(14)8-18-9-20-17/h1-9,14-15H. The first-order chi connectivity index (χ1) is 9.95. The van der Waals surface area contributed by atoms with Gasteiger partial charge in [0, 0.05) is 23.9 Å². The van der Waals surface area contributed by atoms with Crippen LogP contribution in [0.25, 0.3) is 0 Å². The Bertz CT molecular complexity index is 659. The molecular weight excluding hydrogens is 246 g/mol. The van der Waals surface area contributed by atoms with Crippen LogP contribution in [-0.4, -0.2) is 15.0 Å². The van der Waals surface area contributed by atoms with Gasteiger partial charge in [0.15, 0.2) is 0 Å². The highest BCUT2D eigenvalue weighted by Crippen LogP contribution is 2.53. The van der Waals surface area contributed by atoms with Gasteiger partial charge in [-0.15, -0.1) is 0 Å². The van der Waals surface area contributed by atoms with Gasteiger partial charge in [-0.05, 0) is 22.8 Å². The van der Waals surface area contributed by atoms with E-state index in [0.29, 0.717) is 0 Å². The molecule has 0 saturated carbocycles. The van der Waals surface area contributed by atoms with E-state index in [1.807, 2.05) is 18.5 Å². The van der Waals surface area contributed by atoms with Crippen LogP contribution in [0.2, 0.25) is 0 Å². The third-order valence-corrected chi connectivity index (χ3v) is 4.43. The Hall–Kier alpha value is -2.55. The molecule has 0 radical (unpaired) electrons. The van der Waals surface area contributed by atoms with Gasteiger partial charge < -0.3 is 0 Å². The number of benzene rings is 1. The van der Waals surface area contributed by atoms with Crippen LogP contribution in [0, 0.1) is 0 Å². The molecule has 94 valence electrons. The molecule has 0 N–H and O–H groups in total. The predicted octanol–water partition coefficient (Wildman–Crippen LogP) is 2.86. The number of rotatable bonds is 0. The van der Waals surface area contributed by atoms with Gasteiger partial charge in [-0.2, -0.15) is 0 Å². The molecule has 1 aromatic carbocycles. The molecule has 2 unspecified atom stereocenters. The zero-order chi connectivity index (χ0) is 13.1. The quantitative estimate of drug-likeness (QED) is 0.428. The van der Waals surface area contributed by atoms with E-state index in [-0.39, 0.29) is 11.8 Å². The molecule has 6 rings (SSSR count). The van der Waals surface area contributed by atoms with Crippen LogP contribution in [0.15, 0.2) is 55.1 Å². The lowest BCUT2D eigenvalue weighted by Crippen LogP contribution is -2.29. The largest absolute Gasteiger partial charge is 0.260 e. The van der Waals surface area contributed by atoms with Gasteiger partial charge in [0.2, 0.25) is 0 Å². The Balaban J connectivity index is 1.93. The highest BCUT2D eigenvalue weighted by Gasteiger charge is 2.42. The van der Waals surface area contributed by atoms with Crippen molar-refractivity contribution in [2.45, 2.75) is 11.8 Å². The molecule has 2 atom stereocenters. The van der Waals surface area contributed by atoms with E-state index < -0.39 is 0 Å².